The van der Waals surface area contributed by atoms with Crippen LogP contribution in [0, 0.1) is 6.92 Å². The standard InChI is InChI=1S/C11H15BrN2O.C2H6/c1-9-10(2-3-11(12)13-9)8-14-4-6-15-7-5-14;1-2/h2-3H,4-8H2,1H3;1-2H3. The number of pyridine rings is 1. The van der Waals surface area contributed by atoms with Crippen molar-refractivity contribution in [1.29, 1.82) is 0 Å². The molecule has 1 saturated heterocycles. The number of nitrogens with zero attached hydrogens (tertiary/aromatic N) is 2. The quantitative estimate of drug-likeness (QED) is 0.785. The Morgan fingerprint density at radius 1 is 1.29 bits per heavy atom. The minimum absolute atomic E-state index is 0.850. The molecule has 2 rings (SSSR count). The summed E-state index contributed by atoms with van der Waals surface area (Å²) in [6.07, 6.45) is 0. The van der Waals surface area contributed by atoms with Crippen LogP contribution in [-0.2, 0) is 11.3 Å². The third kappa shape index (κ3) is 4.74. The number of aryl methyl sites for hydroxylation is 1. The molecule has 0 bridgehead atoms. The van der Waals surface area contributed by atoms with Crippen molar-refractivity contribution in [2.24, 2.45) is 0 Å². The molecule has 96 valence electrons. The van der Waals surface area contributed by atoms with E-state index in [4.69, 9.17) is 4.74 Å². The smallest absolute Gasteiger partial charge is 0.106 e. The fourth-order valence-corrected chi connectivity index (χ4v) is 2.12. The molecule has 1 aromatic rings. The van der Waals surface area contributed by atoms with Crippen molar-refractivity contribution in [3.05, 3.63) is 28.0 Å². The van der Waals surface area contributed by atoms with Crippen LogP contribution in [0.5, 0.6) is 0 Å². The second kappa shape index (κ2) is 7.80. The average Bonchev–Trinajstić information content (AvgIpc) is 2.37. The normalized spacial score (nSPS) is 16.2. The molecule has 4 heteroatoms. The van der Waals surface area contributed by atoms with Crippen molar-refractivity contribution in [3.63, 3.8) is 0 Å². The van der Waals surface area contributed by atoms with Gasteiger partial charge in [0.1, 0.15) is 4.60 Å². The summed E-state index contributed by atoms with van der Waals surface area (Å²) in [4.78, 5) is 6.80. The van der Waals surface area contributed by atoms with Gasteiger partial charge in [-0.05, 0) is 34.5 Å². The van der Waals surface area contributed by atoms with Gasteiger partial charge in [-0.15, -0.1) is 0 Å². The highest BCUT2D eigenvalue weighted by Crippen LogP contribution is 2.14. The van der Waals surface area contributed by atoms with Gasteiger partial charge < -0.3 is 4.74 Å². The Kier molecular flexibility index (Phi) is 6.70. The molecule has 0 amide bonds. The monoisotopic (exact) mass is 300 g/mol. The molecule has 0 spiro atoms. The van der Waals surface area contributed by atoms with Crippen molar-refractivity contribution in [2.75, 3.05) is 26.3 Å². The summed E-state index contributed by atoms with van der Waals surface area (Å²) in [6, 6.07) is 4.14. The van der Waals surface area contributed by atoms with Crippen LogP contribution in [0.2, 0.25) is 0 Å². The summed E-state index contributed by atoms with van der Waals surface area (Å²) in [7, 11) is 0. The van der Waals surface area contributed by atoms with E-state index < -0.39 is 0 Å². The molecule has 0 unspecified atom stereocenters. The van der Waals surface area contributed by atoms with Crippen LogP contribution in [0.1, 0.15) is 25.1 Å². The first-order valence-electron chi connectivity index (χ1n) is 6.18. The summed E-state index contributed by atoms with van der Waals surface area (Å²) in [5.74, 6) is 0. The summed E-state index contributed by atoms with van der Waals surface area (Å²) < 4.78 is 6.23. The van der Waals surface area contributed by atoms with Crippen molar-refractivity contribution < 1.29 is 4.74 Å². The number of hydrogen-bond acceptors (Lipinski definition) is 3. The Balaban J connectivity index is 0.000000686. The summed E-state index contributed by atoms with van der Waals surface area (Å²) >= 11 is 3.38. The van der Waals surface area contributed by atoms with Gasteiger partial charge in [-0.3, -0.25) is 4.90 Å². The topological polar surface area (TPSA) is 25.4 Å². The molecule has 3 nitrogen and oxygen atoms in total. The Hall–Kier alpha value is -0.450. The van der Waals surface area contributed by atoms with E-state index in [1.54, 1.807) is 0 Å². The maximum absolute atomic E-state index is 5.32. The van der Waals surface area contributed by atoms with E-state index in [2.05, 4.69) is 38.8 Å². The van der Waals surface area contributed by atoms with Crippen LogP contribution in [0.4, 0.5) is 0 Å². The molecule has 0 saturated carbocycles. The third-order valence-electron chi connectivity index (χ3n) is 2.66. The van der Waals surface area contributed by atoms with Gasteiger partial charge in [-0.25, -0.2) is 4.98 Å². The zero-order valence-corrected chi connectivity index (χ0v) is 12.5. The minimum Gasteiger partial charge on any atom is -0.379 e. The Bertz CT molecular complexity index is 338. The molecule has 0 aliphatic carbocycles. The Morgan fingerprint density at radius 3 is 2.53 bits per heavy atom. The lowest BCUT2D eigenvalue weighted by molar-refractivity contribution is 0.0340. The van der Waals surface area contributed by atoms with Crippen molar-refractivity contribution in [2.45, 2.75) is 27.3 Å². The van der Waals surface area contributed by atoms with Gasteiger partial charge in [0.25, 0.3) is 0 Å². The predicted molar refractivity (Wildman–Crippen MR) is 74.1 cm³/mol. The Morgan fingerprint density at radius 2 is 1.94 bits per heavy atom. The van der Waals surface area contributed by atoms with Crippen LogP contribution < -0.4 is 0 Å². The second-order valence-corrected chi connectivity index (χ2v) is 4.58. The van der Waals surface area contributed by atoms with E-state index in [9.17, 15) is 0 Å². The first kappa shape index (κ1) is 14.6. The summed E-state index contributed by atoms with van der Waals surface area (Å²) in [5, 5.41) is 0. The fraction of sp³-hybridized carbons (Fsp3) is 0.615. The van der Waals surface area contributed by atoms with Crippen LogP contribution in [0.15, 0.2) is 16.7 Å². The van der Waals surface area contributed by atoms with Crippen LogP contribution in [0.25, 0.3) is 0 Å². The molecule has 0 radical (unpaired) electrons. The molecule has 1 aliphatic rings. The number of morpholine rings is 1. The number of ether oxygens (including phenoxy) is 1. The van der Waals surface area contributed by atoms with E-state index in [-0.39, 0.29) is 0 Å². The summed E-state index contributed by atoms with van der Waals surface area (Å²) in [6.45, 7) is 10.8. The molecular formula is C13H21BrN2O. The van der Waals surface area contributed by atoms with Gasteiger partial charge >= 0.3 is 0 Å². The first-order valence-corrected chi connectivity index (χ1v) is 6.97. The SMILES string of the molecule is CC.Cc1nc(Br)ccc1CN1CCOCC1. The van der Waals surface area contributed by atoms with E-state index in [0.29, 0.717) is 0 Å². The zero-order chi connectivity index (χ0) is 12.7. The minimum atomic E-state index is 0.850. The first-order chi connectivity index (χ1) is 8.25. The van der Waals surface area contributed by atoms with Crippen molar-refractivity contribution >= 4 is 15.9 Å². The highest BCUT2D eigenvalue weighted by Gasteiger charge is 2.12. The largest absolute Gasteiger partial charge is 0.379 e. The van der Waals surface area contributed by atoms with Gasteiger partial charge in [0.05, 0.1) is 13.2 Å². The van der Waals surface area contributed by atoms with Gasteiger partial charge in [-0.1, -0.05) is 19.9 Å². The van der Waals surface area contributed by atoms with Crippen molar-refractivity contribution in [1.82, 2.24) is 9.88 Å². The molecule has 17 heavy (non-hydrogen) atoms. The van der Waals surface area contributed by atoms with Crippen molar-refractivity contribution in [3.8, 4) is 0 Å². The van der Waals surface area contributed by atoms with Gasteiger partial charge in [-0.2, -0.15) is 0 Å². The molecule has 2 heterocycles. The van der Waals surface area contributed by atoms with Gasteiger partial charge in [0, 0.05) is 25.3 Å². The zero-order valence-electron chi connectivity index (χ0n) is 10.9. The second-order valence-electron chi connectivity index (χ2n) is 3.77. The molecular weight excluding hydrogens is 280 g/mol. The maximum atomic E-state index is 5.32. The van der Waals surface area contributed by atoms with E-state index in [0.717, 1.165) is 43.1 Å². The number of halogens is 1. The van der Waals surface area contributed by atoms with E-state index >= 15 is 0 Å². The number of hydrogen-bond donors (Lipinski definition) is 0. The third-order valence-corrected chi connectivity index (χ3v) is 3.10. The fourth-order valence-electron chi connectivity index (χ4n) is 1.73. The molecule has 1 aliphatic heterocycles. The van der Waals surface area contributed by atoms with Gasteiger partial charge in [0.2, 0.25) is 0 Å². The molecule has 0 aromatic carbocycles. The lowest BCUT2D eigenvalue weighted by Gasteiger charge is -2.26. The van der Waals surface area contributed by atoms with Crippen LogP contribution >= 0.6 is 15.9 Å². The van der Waals surface area contributed by atoms with E-state index in [1.165, 1.54) is 5.56 Å². The number of aromatic nitrogens is 1. The lowest BCUT2D eigenvalue weighted by atomic mass is 10.2. The van der Waals surface area contributed by atoms with E-state index in [1.807, 2.05) is 19.9 Å². The van der Waals surface area contributed by atoms with Crippen LogP contribution in [0.3, 0.4) is 0 Å². The maximum Gasteiger partial charge on any atom is 0.106 e. The van der Waals surface area contributed by atoms with Crippen LogP contribution in [-0.4, -0.2) is 36.2 Å². The molecule has 1 fully saturated rings. The molecule has 0 N–H and O–H groups in total. The Labute approximate surface area is 112 Å². The molecule has 1 aromatic heterocycles. The average molecular weight is 301 g/mol. The summed E-state index contributed by atoms with van der Waals surface area (Å²) in [5.41, 5.74) is 2.41. The van der Waals surface area contributed by atoms with Gasteiger partial charge in [0.15, 0.2) is 0 Å². The lowest BCUT2D eigenvalue weighted by Crippen LogP contribution is -2.35. The predicted octanol–water partition coefficient (Wildman–Crippen LogP) is 3.01. The highest BCUT2D eigenvalue weighted by molar-refractivity contribution is 9.10. The molecule has 0 atom stereocenters. The number of rotatable bonds is 2. The highest BCUT2D eigenvalue weighted by atomic mass is 79.9.